The lowest BCUT2D eigenvalue weighted by atomic mass is 9.53. The van der Waals surface area contributed by atoms with Crippen molar-refractivity contribution in [1.29, 1.82) is 0 Å². The number of hydrogen-bond donors (Lipinski definition) is 1. The third-order valence-electron chi connectivity index (χ3n) is 6.67. The monoisotopic (exact) mass is 351 g/mol. The molecular weight excluding hydrogens is 314 g/mol. The van der Waals surface area contributed by atoms with Gasteiger partial charge in [-0.25, -0.2) is 0 Å². The van der Waals surface area contributed by atoms with E-state index in [1.165, 1.54) is 43.2 Å². The molecule has 0 bridgehead atoms. The molecule has 0 aliphatic rings. The zero-order valence-electron chi connectivity index (χ0n) is 17.2. The van der Waals surface area contributed by atoms with Gasteiger partial charge in [-0.05, 0) is 42.5 Å². The molecule has 0 spiro atoms. The van der Waals surface area contributed by atoms with Crippen molar-refractivity contribution in [2.75, 3.05) is 5.73 Å². The van der Waals surface area contributed by atoms with Crippen LogP contribution in [0, 0.1) is 0 Å². The molecule has 0 fully saturated rings. The summed E-state index contributed by atoms with van der Waals surface area (Å²) in [7, 11) is 0. The quantitative estimate of drug-likeness (QED) is 0.354. The van der Waals surface area contributed by atoms with Crippen molar-refractivity contribution in [2.45, 2.75) is 83.5 Å². The molecule has 0 aromatic heterocycles. The van der Waals surface area contributed by atoms with E-state index in [1.807, 2.05) is 0 Å². The average molecular weight is 352 g/mol. The van der Waals surface area contributed by atoms with Gasteiger partial charge >= 0.3 is 0 Å². The van der Waals surface area contributed by atoms with Gasteiger partial charge in [0.2, 0.25) is 0 Å². The van der Waals surface area contributed by atoms with E-state index < -0.39 is 0 Å². The van der Waals surface area contributed by atoms with Gasteiger partial charge in [0, 0.05) is 16.5 Å². The largest absolute Gasteiger partial charge is 0.399 e. The Bertz CT molecular complexity index is 640. The Morgan fingerprint density at radius 2 is 1.35 bits per heavy atom. The number of nitrogen functional groups attached to an aromatic ring is 1. The predicted molar refractivity (Wildman–Crippen MR) is 116 cm³/mol. The van der Waals surface area contributed by atoms with Crippen LogP contribution in [0.2, 0.25) is 0 Å². The van der Waals surface area contributed by atoms with Crippen LogP contribution >= 0.6 is 0 Å². The second kappa shape index (κ2) is 9.26. The Morgan fingerprint density at radius 1 is 0.731 bits per heavy atom. The lowest BCUT2D eigenvalue weighted by molar-refractivity contribution is 0.192. The summed E-state index contributed by atoms with van der Waals surface area (Å²) in [5.41, 5.74) is 9.97. The summed E-state index contributed by atoms with van der Waals surface area (Å²) in [6.45, 7) is 9.49. The lowest BCUT2D eigenvalue weighted by Crippen LogP contribution is -2.46. The molecule has 0 saturated heterocycles. The van der Waals surface area contributed by atoms with Crippen LogP contribution in [0.4, 0.5) is 5.69 Å². The minimum atomic E-state index is 0.0965. The van der Waals surface area contributed by atoms with Gasteiger partial charge in [0.1, 0.15) is 0 Å². The maximum atomic E-state index is 5.99. The molecule has 2 rings (SSSR count). The molecule has 0 radical (unpaired) electrons. The van der Waals surface area contributed by atoms with E-state index in [-0.39, 0.29) is 10.8 Å². The van der Waals surface area contributed by atoms with E-state index in [0.717, 1.165) is 18.5 Å². The van der Waals surface area contributed by atoms with Crippen molar-refractivity contribution in [1.82, 2.24) is 0 Å². The number of benzene rings is 2. The van der Waals surface area contributed by atoms with Gasteiger partial charge < -0.3 is 5.73 Å². The molecule has 2 aromatic carbocycles. The van der Waals surface area contributed by atoms with Crippen molar-refractivity contribution in [3.63, 3.8) is 0 Å². The molecule has 0 aliphatic heterocycles. The molecule has 1 nitrogen and oxygen atoms in total. The zero-order chi connectivity index (χ0) is 19.0. The third kappa shape index (κ3) is 3.98. The zero-order valence-corrected chi connectivity index (χ0v) is 17.2. The highest BCUT2D eigenvalue weighted by Gasteiger charge is 2.47. The second-order valence-electron chi connectivity index (χ2n) is 7.92. The highest BCUT2D eigenvalue weighted by atomic mass is 14.5. The molecule has 0 aliphatic carbocycles. The Kier molecular flexibility index (Phi) is 7.32. The highest BCUT2D eigenvalue weighted by molar-refractivity contribution is 5.45. The number of unbranched alkanes of at least 4 members (excludes halogenated alkanes) is 3. The minimum Gasteiger partial charge on any atom is -0.399 e. The van der Waals surface area contributed by atoms with Gasteiger partial charge in [-0.3, -0.25) is 0 Å². The van der Waals surface area contributed by atoms with Crippen LogP contribution < -0.4 is 5.73 Å². The second-order valence-corrected chi connectivity index (χ2v) is 7.92. The first-order valence-electron chi connectivity index (χ1n) is 10.5. The first-order chi connectivity index (χ1) is 12.5. The molecule has 0 saturated carbocycles. The summed E-state index contributed by atoms with van der Waals surface area (Å²) in [5.74, 6) is 0. The summed E-state index contributed by atoms with van der Waals surface area (Å²) < 4.78 is 0. The van der Waals surface area contributed by atoms with Gasteiger partial charge in [0.15, 0.2) is 0 Å². The number of rotatable bonds is 10. The topological polar surface area (TPSA) is 26.0 Å². The van der Waals surface area contributed by atoms with Crippen LogP contribution in [0.1, 0.15) is 83.8 Å². The lowest BCUT2D eigenvalue weighted by Gasteiger charge is -2.50. The summed E-state index contributed by atoms with van der Waals surface area (Å²) in [4.78, 5) is 0. The fourth-order valence-electron chi connectivity index (χ4n) is 4.93. The predicted octanol–water partition coefficient (Wildman–Crippen LogP) is 7.25. The van der Waals surface area contributed by atoms with Crippen LogP contribution in [-0.4, -0.2) is 0 Å². The van der Waals surface area contributed by atoms with E-state index in [9.17, 15) is 0 Å². The van der Waals surface area contributed by atoms with Crippen molar-refractivity contribution in [3.8, 4) is 0 Å². The van der Waals surface area contributed by atoms with E-state index in [4.69, 9.17) is 5.73 Å². The Labute approximate surface area is 161 Å². The van der Waals surface area contributed by atoms with Crippen molar-refractivity contribution < 1.29 is 0 Å². The molecule has 142 valence electrons. The molecule has 1 atom stereocenters. The van der Waals surface area contributed by atoms with Gasteiger partial charge in [-0.1, -0.05) is 95.8 Å². The van der Waals surface area contributed by atoms with Crippen molar-refractivity contribution in [2.24, 2.45) is 0 Å². The molecule has 2 N–H and O–H groups in total. The van der Waals surface area contributed by atoms with E-state index in [2.05, 4.69) is 82.3 Å². The van der Waals surface area contributed by atoms with E-state index in [1.54, 1.807) is 0 Å². The molecule has 2 aromatic rings. The molecule has 1 heteroatoms. The molecule has 26 heavy (non-hydrogen) atoms. The minimum absolute atomic E-state index is 0.0965. The SMILES string of the molecule is CCCCCCC(C)(c1ccc(N)cc1)C(CC)(CC)c1ccccc1. The van der Waals surface area contributed by atoms with Crippen molar-refractivity contribution >= 4 is 5.69 Å². The van der Waals surface area contributed by atoms with Crippen LogP contribution in [0.3, 0.4) is 0 Å². The van der Waals surface area contributed by atoms with Gasteiger partial charge in [0.05, 0.1) is 0 Å². The Balaban J connectivity index is 2.53. The maximum Gasteiger partial charge on any atom is 0.0314 e. The van der Waals surface area contributed by atoms with Crippen LogP contribution in [0.25, 0.3) is 0 Å². The van der Waals surface area contributed by atoms with E-state index >= 15 is 0 Å². The summed E-state index contributed by atoms with van der Waals surface area (Å²) in [6.07, 6.45) is 8.71. The number of nitrogens with two attached hydrogens (primary N) is 1. The third-order valence-corrected chi connectivity index (χ3v) is 6.67. The van der Waals surface area contributed by atoms with Crippen LogP contribution in [0.15, 0.2) is 54.6 Å². The molecular formula is C25H37N. The average Bonchev–Trinajstić information content (AvgIpc) is 2.68. The van der Waals surface area contributed by atoms with Gasteiger partial charge in [0.25, 0.3) is 0 Å². The normalized spacial score (nSPS) is 14.2. The number of anilines is 1. The highest BCUT2D eigenvalue weighted by Crippen LogP contribution is 2.51. The fourth-order valence-corrected chi connectivity index (χ4v) is 4.93. The maximum absolute atomic E-state index is 5.99. The van der Waals surface area contributed by atoms with Crippen LogP contribution in [-0.2, 0) is 10.8 Å². The first kappa shape index (κ1) is 20.6. The Hall–Kier alpha value is -1.76. The summed E-state index contributed by atoms with van der Waals surface area (Å²) in [6, 6.07) is 19.8. The summed E-state index contributed by atoms with van der Waals surface area (Å²) >= 11 is 0. The molecule has 0 amide bonds. The van der Waals surface area contributed by atoms with Gasteiger partial charge in [-0.2, -0.15) is 0 Å². The molecule has 1 unspecified atom stereocenters. The summed E-state index contributed by atoms with van der Waals surface area (Å²) in [5, 5.41) is 0. The fraction of sp³-hybridized carbons (Fsp3) is 0.520. The van der Waals surface area contributed by atoms with Crippen molar-refractivity contribution in [3.05, 3.63) is 65.7 Å². The Morgan fingerprint density at radius 3 is 1.88 bits per heavy atom. The smallest absolute Gasteiger partial charge is 0.0314 e. The standard InChI is InChI=1S/C25H37N/c1-5-8-9-13-20-24(4,21-16-18-23(26)19-17-21)25(6-2,7-3)22-14-11-10-12-15-22/h10-12,14-19H,5-9,13,20,26H2,1-4H3. The first-order valence-corrected chi connectivity index (χ1v) is 10.5. The van der Waals surface area contributed by atoms with E-state index in [0.29, 0.717) is 0 Å². The number of hydrogen-bond acceptors (Lipinski definition) is 1. The van der Waals surface area contributed by atoms with Gasteiger partial charge in [-0.15, -0.1) is 0 Å². The molecule has 0 heterocycles. The van der Waals surface area contributed by atoms with Crippen LogP contribution in [0.5, 0.6) is 0 Å².